The molecule has 0 radical (unpaired) electrons. The maximum Gasteiger partial charge on any atom is 0.303 e. The number of nitrogens with one attached hydrogen (secondary N) is 2. The molecular formula is C13H24N2O4. The molecule has 0 spiro atoms. The third kappa shape index (κ3) is 12.7. The van der Waals surface area contributed by atoms with E-state index < -0.39 is 5.97 Å². The van der Waals surface area contributed by atoms with E-state index in [1.807, 2.05) is 20.8 Å². The second-order valence-electron chi connectivity index (χ2n) is 5.50. The molecule has 3 N–H and O–H groups in total. The number of carbonyl (C=O) groups excluding carboxylic acids is 2. The van der Waals surface area contributed by atoms with Crippen molar-refractivity contribution < 1.29 is 19.5 Å². The van der Waals surface area contributed by atoms with Crippen LogP contribution in [0.2, 0.25) is 0 Å². The topological polar surface area (TPSA) is 95.5 Å². The maximum atomic E-state index is 11.4. The Kier molecular flexibility index (Phi) is 7.79. The second-order valence-corrected chi connectivity index (χ2v) is 5.50. The number of hydrogen-bond acceptors (Lipinski definition) is 3. The second kappa shape index (κ2) is 8.50. The molecule has 0 fully saturated rings. The quantitative estimate of drug-likeness (QED) is 0.575. The molecule has 19 heavy (non-hydrogen) atoms. The Hall–Kier alpha value is -1.59. The number of hydrogen-bond donors (Lipinski definition) is 3. The molecular weight excluding hydrogens is 248 g/mol. The van der Waals surface area contributed by atoms with Crippen molar-refractivity contribution in [2.24, 2.45) is 0 Å². The lowest BCUT2D eigenvalue weighted by atomic mass is 10.1. The molecule has 2 amide bonds. The molecule has 0 saturated heterocycles. The van der Waals surface area contributed by atoms with Gasteiger partial charge in [-0.05, 0) is 33.6 Å². The fraction of sp³-hybridized carbons (Fsp3) is 0.769. The Balaban J connectivity index is 3.58. The lowest BCUT2D eigenvalue weighted by Gasteiger charge is -2.20. The zero-order chi connectivity index (χ0) is 14.9. The molecule has 110 valence electrons. The van der Waals surface area contributed by atoms with Crippen LogP contribution in [0.4, 0.5) is 0 Å². The summed E-state index contributed by atoms with van der Waals surface area (Å²) in [5.74, 6) is -1.09. The molecule has 0 aromatic heterocycles. The summed E-state index contributed by atoms with van der Waals surface area (Å²) in [6.45, 7) is 5.99. The minimum atomic E-state index is -0.848. The van der Waals surface area contributed by atoms with Crippen LogP contribution in [-0.2, 0) is 14.4 Å². The first kappa shape index (κ1) is 17.4. The van der Waals surface area contributed by atoms with Gasteiger partial charge in [-0.25, -0.2) is 0 Å². The lowest BCUT2D eigenvalue weighted by molar-refractivity contribution is -0.137. The van der Waals surface area contributed by atoms with Crippen LogP contribution < -0.4 is 10.6 Å². The summed E-state index contributed by atoms with van der Waals surface area (Å²) in [7, 11) is 0. The van der Waals surface area contributed by atoms with E-state index >= 15 is 0 Å². The van der Waals surface area contributed by atoms with Gasteiger partial charge in [-0.3, -0.25) is 14.4 Å². The first-order valence-electron chi connectivity index (χ1n) is 6.50. The predicted octanol–water partition coefficient (Wildman–Crippen LogP) is 1.05. The summed E-state index contributed by atoms with van der Waals surface area (Å²) in [5, 5.41) is 13.9. The van der Waals surface area contributed by atoms with Crippen molar-refractivity contribution in [1.82, 2.24) is 10.6 Å². The van der Waals surface area contributed by atoms with Gasteiger partial charge < -0.3 is 15.7 Å². The van der Waals surface area contributed by atoms with Crippen molar-refractivity contribution in [3.8, 4) is 0 Å². The number of aliphatic carboxylic acids is 1. The fourth-order valence-corrected chi connectivity index (χ4v) is 1.45. The SMILES string of the molecule is CC(C)(C)NC(=O)CCNC(=O)CCCCC(=O)O. The normalized spacial score (nSPS) is 10.9. The van der Waals surface area contributed by atoms with E-state index in [2.05, 4.69) is 10.6 Å². The van der Waals surface area contributed by atoms with Crippen molar-refractivity contribution in [1.29, 1.82) is 0 Å². The largest absolute Gasteiger partial charge is 0.481 e. The average molecular weight is 272 g/mol. The molecule has 0 saturated carbocycles. The third-order valence-electron chi connectivity index (χ3n) is 2.23. The summed E-state index contributed by atoms with van der Waals surface area (Å²) < 4.78 is 0. The molecule has 6 nitrogen and oxygen atoms in total. The lowest BCUT2D eigenvalue weighted by Crippen LogP contribution is -2.41. The highest BCUT2D eigenvalue weighted by molar-refractivity contribution is 5.79. The molecule has 0 aliphatic carbocycles. The van der Waals surface area contributed by atoms with Gasteiger partial charge >= 0.3 is 5.97 Å². The van der Waals surface area contributed by atoms with Crippen LogP contribution in [0.1, 0.15) is 52.9 Å². The standard InChI is InChI=1S/C13H24N2O4/c1-13(2,3)15-11(17)8-9-14-10(16)6-4-5-7-12(18)19/h4-9H2,1-3H3,(H,14,16)(H,15,17)(H,18,19). The summed E-state index contributed by atoms with van der Waals surface area (Å²) >= 11 is 0. The first-order chi connectivity index (χ1) is 8.70. The zero-order valence-electron chi connectivity index (χ0n) is 11.9. The minimum Gasteiger partial charge on any atom is -0.481 e. The van der Waals surface area contributed by atoms with E-state index in [9.17, 15) is 14.4 Å². The van der Waals surface area contributed by atoms with Crippen LogP contribution in [0.25, 0.3) is 0 Å². The molecule has 0 bridgehead atoms. The van der Waals surface area contributed by atoms with Gasteiger partial charge in [-0.15, -0.1) is 0 Å². The van der Waals surface area contributed by atoms with Gasteiger partial charge in [0.2, 0.25) is 11.8 Å². The van der Waals surface area contributed by atoms with E-state index in [0.717, 1.165) is 0 Å². The van der Waals surface area contributed by atoms with E-state index in [1.54, 1.807) is 0 Å². The van der Waals surface area contributed by atoms with Crippen LogP contribution in [0.3, 0.4) is 0 Å². The molecule has 0 heterocycles. The van der Waals surface area contributed by atoms with Gasteiger partial charge in [0.15, 0.2) is 0 Å². The predicted molar refractivity (Wildman–Crippen MR) is 71.6 cm³/mol. The van der Waals surface area contributed by atoms with E-state index in [4.69, 9.17) is 5.11 Å². The number of rotatable bonds is 8. The molecule has 0 aromatic rings. The summed E-state index contributed by atoms with van der Waals surface area (Å²) in [5.41, 5.74) is -0.266. The molecule has 0 atom stereocenters. The molecule has 0 aromatic carbocycles. The summed E-state index contributed by atoms with van der Waals surface area (Å²) in [6, 6.07) is 0. The number of unbranched alkanes of at least 4 members (excludes halogenated alkanes) is 1. The fourth-order valence-electron chi connectivity index (χ4n) is 1.45. The Bertz CT molecular complexity index is 321. The third-order valence-corrected chi connectivity index (χ3v) is 2.23. The van der Waals surface area contributed by atoms with E-state index in [-0.39, 0.29) is 30.2 Å². The molecule has 6 heteroatoms. The minimum absolute atomic E-state index is 0.0846. The van der Waals surface area contributed by atoms with Crippen molar-refractivity contribution in [2.45, 2.75) is 58.4 Å². The number of carboxylic acids is 1. The van der Waals surface area contributed by atoms with Crippen molar-refractivity contribution in [3.63, 3.8) is 0 Å². The highest BCUT2D eigenvalue weighted by atomic mass is 16.4. The Morgan fingerprint density at radius 3 is 2.05 bits per heavy atom. The van der Waals surface area contributed by atoms with Gasteiger partial charge in [-0.1, -0.05) is 0 Å². The van der Waals surface area contributed by atoms with Crippen molar-refractivity contribution in [3.05, 3.63) is 0 Å². The van der Waals surface area contributed by atoms with Crippen LogP contribution >= 0.6 is 0 Å². The maximum absolute atomic E-state index is 11.4. The smallest absolute Gasteiger partial charge is 0.303 e. The number of carbonyl (C=O) groups is 3. The number of carboxylic acid groups (broad SMARTS) is 1. The van der Waals surface area contributed by atoms with Gasteiger partial charge in [0.05, 0.1) is 0 Å². The Morgan fingerprint density at radius 1 is 0.947 bits per heavy atom. The highest BCUT2D eigenvalue weighted by Gasteiger charge is 2.13. The van der Waals surface area contributed by atoms with Crippen LogP contribution in [-0.4, -0.2) is 35.0 Å². The highest BCUT2D eigenvalue weighted by Crippen LogP contribution is 2.00. The van der Waals surface area contributed by atoms with Crippen LogP contribution in [0, 0.1) is 0 Å². The van der Waals surface area contributed by atoms with Crippen molar-refractivity contribution in [2.75, 3.05) is 6.54 Å². The first-order valence-corrected chi connectivity index (χ1v) is 6.50. The average Bonchev–Trinajstić information content (AvgIpc) is 2.21. The monoisotopic (exact) mass is 272 g/mol. The van der Waals surface area contributed by atoms with E-state index in [0.29, 0.717) is 25.8 Å². The molecule has 0 aliphatic rings. The Labute approximate surface area is 113 Å². The van der Waals surface area contributed by atoms with Crippen LogP contribution in [0.15, 0.2) is 0 Å². The summed E-state index contributed by atoms with van der Waals surface area (Å²) in [6.07, 6.45) is 1.67. The Morgan fingerprint density at radius 2 is 1.53 bits per heavy atom. The van der Waals surface area contributed by atoms with Crippen molar-refractivity contribution >= 4 is 17.8 Å². The number of amides is 2. The van der Waals surface area contributed by atoms with Gasteiger partial charge in [0.25, 0.3) is 0 Å². The van der Waals surface area contributed by atoms with Crippen LogP contribution in [0.5, 0.6) is 0 Å². The molecule has 0 rings (SSSR count). The van der Waals surface area contributed by atoms with Gasteiger partial charge in [0, 0.05) is 31.3 Å². The van der Waals surface area contributed by atoms with Gasteiger partial charge in [-0.2, -0.15) is 0 Å². The summed E-state index contributed by atoms with van der Waals surface area (Å²) in [4.78, 5) is 33.1. The molecule has 0 aliphatic heterocycles. The molecule has 0 unspecified atom stereocenters. The van der Waals surface area contributed by atoms with Gasteiger partial charge in [0.1, 0.15) is 0 Å². The zero-order valence-corrected chi connectivity index (χ0v) is 11.9. The van der Waals surface area contributed by atoms with E-state index in [1.165, 1.54) is 0 Å².